The highest BCUT2D eigenvalue weighted by atomic mass is 16.3. The van der Waals surface area contributed by atoms with Crippen molar-refractivity contribution in [1.29, 1.82) is 0 Å². The van der Waals surface area contributed by atoms with Gasteiger partial charge in [-0.3, -0.25) is 0 Å². The van der Waals surface area contributed by atoms with Crippen LogP contribution in [0, 0.1) is 0 Å². The second-order valence-electron chi connectivity index (χ2n) is 9.57. The Morgan fingerprint density at radius 2 is 1.31 bits per heavy atom. The quantitative estimate of drug-likeness (QED) is 0.392. The summed E-state index contributed by atoms with van der Waals surface area (Å²) in [4.78, 5) is 0. The summed E-state index contributed by atoms with van der Waals surface area (Å²) < 4.78 is 0. The molecular weight excluding hydrogens is 316 g/mol. The predicted molar refractivity (Wildman–Crippen MR) is 117 cm³/mol. The van der Waals surface area contributed by atoms with Crippen LogP contribution in [0.2, 0.25) is 0 Å². The van der Waals surface area contributed by atoms with Crippen molar-refractivity contribution >= 4 is 0 Å². The van der Waals surface area contributed by atoms with E-state index in [9.17, 15) is 5.11 Å². The van der Waals surface area contributed by atoms with Gasteiger partial charge in [-0.25, -0.2) is 0 Å². The zero-order chi connectivity index (χ0) is 19.7. The minimum atomic E-state index is 0.115. The summed E-state index contributed by atoms with van der Waals surface area (Å²) in [5, 5.41) is 10.8. The Labute approximate surface area is 163 Å². The van der Waals surface area contributed by atoms with Crippen molar-refractivity contribution in [3.63, 3.8) is 0 Å². The van der Waals surface area contributed by atoms with E-state index in [-0.39, 0.29) is 5.41 Å². The number of hydrogen-bond acceptors (Lipinski definition) is 1. The van der Waals surface area contributed by atoms with Gasteiger partial charge in [0.1, 0.15) is 5.75 Å². The molecule has 1 heteroatoms. The van der Waals surface area contributed by atoms with Gasteiger partial charge in [0.15, 0.2) is 0 Å². The predicted octanol–water partition coefficient (Wildman–Crippen LogP) is 8.45. The zero-order valence-electron chi connectivity index (χ0n) is 18.6. The van der Waals surface area contributed by atoms with Crippen molar-refractivity contribution < 1.29 is 5.11 Å². The lowest BCUT2D eigenvalue weighted by Crippen LogP contribution is -2.13. The Morgan fingerprint density at radius 1 is 0.808 bits per heavy atom. The number of hydrogen-bond donors (Lipinski definition) is 1. The molecule has 0 aliphatic rings. The Kier molecular flexibility index (Phi) is 9.75. The van der Waals surface area contributed by atoms with Crippen molar-refractivity contribution in [2.75, 3.05) is 0 Å². The van der Waals surface area contributed by atoms with Gasteiger partial charge in [-0.2, -0.15) is 0 Å². The van der Waals surface area contributed by atoms with Crippen LogP contribution >= 0.6 is 0 Å². The van der Waals surface area contributed by atoms with E-state index >= 15 is 0 Å². The molecule has 0 bridgehead atoms. The number of unbranched alkanes of at least 4 members (excludes halogenated alkanes) is 7. The molecule has 1 rings (SSSR count). The molecule has 1 aromatic rings. The second kappa shape index (κ2) is 11.0. The summed E-state index contributed by atoms with van der Waals surface area (Å²) in [6.07, 6.45) is 12.0. The number of benzene rings is 1. The van der Waals surface area contributed by atoms with Crippen molar-refractivity contribution in [2.24, 2.45) is 0 Å². The van der Waals surface area contributed by atoms with Crippen LogP contribution in [0.4, 0.5) is 0 Å². The SMILES string of the molecule is CCCCCCCCCCC(C)c1cc(C(C)(C)C)cc(C(C)C)c1O. The number of phenolic OH excluding ortho intramolecular Hbond substituents is 1. The third-order valence-electron chi connectivity index (χ3n) is 5.68. The van der Waals surface area contributed by atoms with Crippen LogP contribution in [0.25, 0.3) is 0 Å². The fourth-order valence-electron chi connectivity index (χ4n) is 3.67. The molecule has 0 radical (unpaired) electrons. The summed E-state index contributed by atoms with van der Waals surface area (Å²) in [5.41, 5.74) is 3.72. The number of phenols is 1. The van der Waals surface area contributed by atoms with Gasteiger partial charge in [0.25, 0.3) is 0 Å². The van der Waals surface area contributed by atoms with Gasteiger partial charge in [0.05, 0.1) is 0 Å². The average Bonchev–Trinajstić information content (AvgIpc) is 2.55. The van der Waals surface area contributed by atoms with Crippen molar-refractivity contribution in [1.82, 2.24) is 0 Å². The Morgan fingerprint density at radius 3 is 1.81 bits per heavy atom. The van der Waals surface area contributed by atoms with E-state index in [4.69, 9.17) is 0 Å². The van der Waals surface area contributed by atoms with Gasteiger partial charge < -0.3 is 5.11 Å². The molecule has 0 saturated heterocycles. The fourth-order valence-corrected chi connectivity index (χ4v) is 3.67. The lowest BCUT2D eigenvalue weighted by Gasteiger charge is -2.25. The standard InChI is InChI=1S/C25H44O/c1-8-9-10-11-12-13-14-15-16-20(4)23-18-21(25(5,6)7)17-22(19(2)3)24(23)26/h17-20,26H,8-16H2,1-7H3. The van der Waals surface area contributed by atoms with Crippen LogP contribution in [0.1, 0.15) is 135 Å². The van der Waals surface area contributed by atoms with Gasteiger partial charge >= 0.3 is 0 Å². The van der Waals surface area contributed by atoms with Crippen LogP contribution in [0.5, 0.6) is 5.75 Å². The topological polar surface area (TPSA) is 20.2 Å². The first kappa shape index (κ1) is 23.1. The first-order valence-electron chi connectivity index (χ1n) is 11.1. The van der Waals surface area contributed by atoms with E-state index < -0.39 is 0 Å². The van der Waals surface area contributed by atoms with Gasteiger partial charge in [-0.1, -0.05) is 112 Å². The Hall–Kier alpha value is -0.980. The van der Waals surface area contributed by atoms with Crippen LogP contribution in [0.3, 0.4) is 0 Å². The van der Waals surface area contributed by atoms with E-state index in [2.05, 4.69) is 60.6 Å². The van der Waals surface area contributed by atoms with E-state index in [1.165, 1.54) is 63.4 Å². The molecule has 150 valence electrons. The second-order valence-corrected chi connectivity index (χ2v) is 9.57. The minimum Gasteiger partial charge on any atom is -0.507 e. The Balaban J connectivity index is 2.67. The maximum absolute atomic E-state index is 10.8. The third kappa shape index (κ3) is 7.33. The maximum atomic E-state index is 10.8. The summed E-state index contributed by atoms with van der Waals surface area (Å²) >= 11 is 0. The lowest BCUT2D eigenvalue weighted by molar-refractivity contribution is 0.445. The molecule has 0 aromatic heterocycles. The smallest absolute Gasteiger partial charge is 0.122 e. The normalized spacial score (nSPS) is 13.4. The molecule has 0 heterocycles. The first-order chi connectivity index (χ1) is 12.2. The van der Waals surface area contributed by atoms with E-state index in [0.29, 0.717) is 17.6 Å². The molecule has 26 heavy (non-hydrogen) atoms. The molecule has 0 aliphatic carbocycles. The highest BCUT2D eigenvalue weighted by Gasteiger charge is 2.22. The molecule has 0 fully saturated rings. The van der Waals surface area contributed by atoms with Crippen molar-refractivity contribution in [3.05, 3.63) is 28.8 Å². The molecule has 0 amide bonds. The zero-order valence-corrected chi connectivity index (χ0v) is 18.6. The van der Waals surface area contributed by atoms with Crippen LogP contribution in [-0.4, -0.2) is 5.11 Å². The van der Waals surface area contributed by atoms with Gasteiger partial charge in [0.2, 0.25) is 0 Å². The van der Waals surface area contributed by atoms with E-state index in [0.717, 1.165) is 11.1 Å². The summed E-state index contributed by atoms with van der Waals surface area (Å²) in [5.74, 6) is 1.32. The Bertz CT molecular complexity index is 522. The largest absolute Gasteiger partial charge is 0.507 e. The molecule has 1 aromatic carbocycles. The van der Waals surface area contributed by atoms with Crippen LogP contribution < -0.4 is 0 Å². The van der Waals surface area contributed by atoms with Crippen LogP contribution in [-0.2, 0) is 5.41 Å². The van der Waals surface area contributed by atoms with Gasteiger partial charge in [-0.05, 0) is 40.4 Å². The summed E-state index contributed by atoms with van der Waals surface area (Å²) in [6.45, 7) is 15.7. The van der Waals surface area contributed by atoms with Crippen molar-refractivity contribution in [2.45, 2.75) is 124 Å². The molecular formula is C25H44O. The minimum absolute atomic E-state index is 0.115. The molecule has 0 saturated carbocycles. The lowest BCUT2D eigenvalue weighted by atomic mass is 9.80. The first-order valence-corrected chi connectivity index (χ1v) is 11.1. The van der Waals surface area contributed by atoms with Crippen molar-refractivity contribution in [3.8, 4) is 5.75 Å². The molecule has 1 atom stereocenters. The number of rotatable bonds is 11. The number of aromatic hydroxyl groups is 1. The third-order valence-corrected chi connectivity index (χ3v) is 5.68. The van der Waals surface area contributed by atoms with E-state index in [1.807, 2.05) is 0 Å². The van der Waals surface area contributed by atoms with Gasteiger partial charge in [-0.15, -0.1) is 0 Å². The van der Waals surface area contributed by atoms with Gasteiger partial charge in [0, 0.05) is 0 Å². The average molecular weight is 361 g/mol. The van der Waals surface area contributed by atoms with E-state index in [1.54, 1.807) is 0 Å². The molecule has 1 unspecified atom stereocenters. The highest BCUT2D eigenvalue weighted by molar-refractivity contribution is 5.48. The summed E-state index contributed by atoms with van der Waals surface area (Å²) in [6, 6.07) is 4.48. The highest BCUT2D eigenvalue weighted by Crippen LogP contribution is 2.39. The summed E-state index contributed by atoms with van der Waals surface area (Å²) in [7, 11) is 0. The molecule has 0 aliphatic heterocycles. The molecule has 0 spiro atoms. The fraction of sp³-hybridized carbons (Fsp3) is 0.760. The van der Waals surface area contributed by atoms with Crippen LogP contribution in [0.15, 0.2) is 12.1 Å². The molecule has 1 N–H and O–H groups in total. The maximum Gasteiger partial charge on any atom is 0.122 e. The monoisotopic (exact) mass is 360 g/mol. The molecule has 1 nitrogen and oxygen atoms in total.